The lowest BCUT2D eigenvalue weighted by Crippen LogP contribution is -2.35. The Balaban J connectivity index is 2.08. The van der Waals surface area contributed by atoms with E-state index in [1.807, 2.05) is 6.92 Å². The maximum absolute atomic E-state index is 12.3. The summed E-state index contributed by atoms with van der Waals surface area (Å²) in [5, 5.41) is 0. The smallest absolute Gasteiger partial charge is 0.190 e. The average molecular weight is 208 g/mol. The molecule has 0 aromatic carbocycles. The quantitative estimate of drug-likeness (QED) is 0.697. The van der Waals surface area contributed by atoms with Gasteiger partial charge in [-0.3, -0.25) is 4.79 Å². The number of Topliss-reactive ketones (excluding diaryl/α,β-unsaturated/α-hetero) is 1. The largest absolute Gasteiger partial charge is 0.367 e. The Morgan fingerprint density at radius 2 is 2.20 bits per heavy atom. The topological polar surface area (TPSA) is 26.3 Å². The minimum atomic E-state index is -0.504. The van der Waals surface area contributed by atoms with Gasteiger partial charge in [0.15, 0.2) is 5.78 Å². The first kappa shape index (κ1) is 10.9. The summed E-state index contributed by atoms with van der Waals surface area (Å²) in [6, 6.07) is 0. The van der Waals surface area contributed by atoms with Crippen LogP contribution >= 0.6 is 0 Å². The van der Waals surface area contributed by atoms with Gasteiger partial charge in [0, 0.05) is 6.61 Å². The molecule has 1 fully saturated rings. The highest BCUT2D eigenvalue weighted by atomic mass is 16.5. The number of hydrogen-bond donors (Lipinski definition) is 0. The molecule has 0 radical (unpaired) electrons. The van der Waals surface area contributed by atoms with E-state index in [0.29, 0.717) is 0 Å². The van der Waals surface area contributed by atoms with Gasteiger partial charge in [-0.15, -0.1) is 0 Å². The average Bonchev–Trinajstić information content (AvgIpc) is 2.54. The molecule has 0 saturated carbocycles. The van der Waals surface area contributed by atoms with E-state index < -0.39 is 5.60 Å². The zero-order chi connectivity index (χ0) is 10.7. The molecule has 0 N–H and O–H groups in total. The first-order valence-corrected chi connectivity index (χ1v) is 6.10. The van der Waals surface area contributed by atoms with Gasteiger partial charge in [-0.25, -0.2) is 0 Å². The first-order valence-electron chi connectivity index (χ1n) is 6.10. The predicted octanol–water partition coefficient (Wildman–Crippen LogP) is 3.02. The first-order chi connectivity index (χ1) is 7.22. The Bertz CT molecular complexity index is 272. The van der Waals surface area contributed by atoms with Crippen molar-refractivity contribution in [1.29, 1.82) is 0 Å². The third kappa shape index (κ3) is 2.31. The SMILES string of the molecule is CC1(C(=O)C2=CCCCCC2)CCCO1. The van der Waals surface area contributed by atoms with Crippen LogP contribution in [0.2, 0.25) is 0 Å². The van der Waals surface area contributed by atoms with Crippen LogP contribution in [0.5, 0.6) is 0 Å². The predicted molar refractivity (Wildman–Crippen MR) is 59.8 cm³/mol. The van der Waals surface area contributed by atoms with Crippen LogP contribution < -0.4 is 0 Å². The van der Waals surface area contributed by atoms with Crippen molar-refractivity contribution in [3.63, 3.8) is 0 Å². The molecule has 2 heteroatoms. The van der Waals surface area contributed by atoms with Gasteiger partial charge in [0.2, 0.25) is 0 Å². The minimum Gasteiger partial charge on any atom is -0.367 e. The molecule has 2 rings (SSSR count). The fourth-order valence-corrected chi connectivity index (χ4v) is 2.52. The van der Waals surface area contributed by atoms with Crippen LogP contribution in [0.4, 0.5) is 0 Å². The van der Waals surface area contributed by atoms with E-state index in [1.165, 1.54) is 12.8 Å². The zero-order valence-corrected chi connectivity index (χ0v) is 9.55. The maximum Gasteiger partial charge on any atom is 0.190 e. The van der Waals surface area contributed by atoms with Crippen molar-refractivity contribution in [3.8, 4) is 0 Å². The van der Waals surface area contributed by atoms with Gasteiger partial charge in [-0.05, 0) is 51.0 Å². The van der Waals surface area contributed by atoms with Crippen molar-refractivity contribution in [2.75, 3.05) is 6.61 Å². The van der Waals surface area contributed by atoms with E-state index in [2.05, 4.69) is 6.08 Å². The molecule has 0 amide bonds. The van der Waals surface area contributed by atoms with E-state index in [1.54, 1.807) is 0 Å². The second-order valence-corrected chi connectivity index (χ2v) is 4.84. The van der Waals surface area contributed by atoms with Crippen LogP contribution in [0.3, 0.4) is 0 Å². The zero-order valence-electron chi connectivity index (χ0n) is 9.55. The molecule has 2 aliphatic rings. The molecule has 0 spiro atoms. The van der Waals surface area contributed by atoms with Gasteiger partial charge >= 0.3 is 0 Å². The summed E-state index contributed by atoms with van der Waals surface area (Å²) in [5.41, 5.74) is 0.521. The molecular weight excluding hydrogens is 188 g/mol. The van der Waals surface area contributed by atoms with Crippen molar-refractivity contribution in [1.82, 2.24) is 0 Å². The molecule has 1 atom stereocenters. The Morgan fingerprint density at radius 1 is 1.33 bits per heavy atom. The fourth-order valence-electron chi connectivity index (χ4n) is 2.52. The van der Waals surface area contributed by atoms with E-state index in [0.717, 1.165) is 44.3 Å². The Labute approximate surface area is 91.7 Å². The molecule has 0 aromatic rings. The fraction of sp³-hybridized carbons (Fsp3) is 0.769. The Hall–Kier alpha value is -0.630. The molecule has 1 aliphatic heterocycles. The van der Waals surface area contributed by atoms with Crippen molar-refractivity contribution >= 4 is 5.78 Å². The van der Waals surface area contributed by atoms with Gasteiger partial charge in [0.05, 0.1) is 0 Å². The molecule has 1 aliphatic carbocycles. The summed E-state index contributed by atoms with van der Waals surface area (Å²) >= 11 is 0. The summed E-state index contributed by atoms with van der Waals surface area (Å²) in [7, 11) is 0. The number of allylic oxidation sites excluding steroid dienone is 1. The minimum absolute atomic E-state index is 0.252. The lowest BCUT2D eigenvalue weighted by molar-refractivity contribution is -0.133. The second kappa shape index (κ2) is 4.48. The van der Waals surface area contributed by atoms with Gasteiger partial charge in [0.1, 0.15) is 5.60 Å². The van der Waals surface area contributed by atoms with Crippen LogP contribution in [-0.4, -0.2) is 18.0 Å². The third-order valence-corrected chi connectivity index (χ3v) is 3.53. The lowest BCUT2D eigenvalue weighted by Gasteiger charge is -2.22. The van der Waals surface area contributed by atoms with Gasteiger partial charge in [-0.1, -0.05) is 12.5 Å². The van der Waals surface area contributed by atoms with E-state index in [9.17, 15) is 4.79 Å². The number of carbonyl (C=O) groups is 1. The van der Waals surface area contributed by atoms with E-state index in [4.69, 9.17) is 4.74 Å². The molecule has 15 heavy (non-hydrogen) atoms. The molecule has 2 nitrogen and oxygen atoms in total. The lowest BCUT2D eigenvalue weighted by atomic mass is 9.90. The van der Waals surface area contributed by atoms with E-state index >= 15 is 0 Å². The summed E-state index contributed by atoms with van der Waals surface area (Å²) in [6.07, 6.45) is 9.72. The Morgan fingerprint density at radius 3 is 2.93 bits per heavy atom. The van der Waals surface area contributed by atoms with Gasteiger partial charge in [-0.2, -0.15) is 0 Å². The maximum atomic E-state index is 12.3. The molecule has 84 valence electrons. The number of ketones is 1. The summed E-state index contributed by atoms with van der Waals surface area (Å²) in [5.74, 6) is 0.252. The molecule has 0 bridgehead atoms. The normalized spacial score (nSPS) is 32.2. The van der Waals surface area contributed by atoms with Crippen LogP contribution in [0.1, 0.15) is 51.9 Å². The highest BCUT2D eigenvalue weighted by Gasteiger charge is 2.38. The van der Waals surface area contributed by atoms with Gasteiger partial charge < -0.3 is 4.74 Å². The number of carbonyl (C=O) groups excluding carboxylic acids is 1. The van der Waals surface area contributed by atoms with Crippen molar-refractivity contribution < 1.29 is 9.53 Å². The van der Waals surface area contributed by atoms with Crippen molar-refractivity contribution in [2.24, 2.45) is 0 Å². The third-order valence-electron chi connectivity index (χ3n) is 3.53. The monoisotopic (exact) mass is 208 g/mol. The molecular formula is C13H20O2. The van der Waals surface area contributed by atoms with Crippen molar-refractivity contribution in [2.45, 2.75) is 57.5 Å². The van der Waals surface area contributed by atoms with Crippen LogP contribution in [-0.2, 0) is 9.53 Å². The number of ether oxygens (including phenoxy) is 1. The van der Waals surface area contributed by atoms with E-state index in [-0.39, 0.29) is 5.78 Å². The van der Waals surface area contributed by atoms with Crippen LogP contribution in [0.15, 0.2) is 11.6 Å². The summed E-state index contributed by atoms with van der Waals surface area (Å²) in [4.78, 5) is 12.3. The molecule has 1 saturated heterocycles. The molecule has 0 aromatic heterocycles. The highest BCUT2D eigenvalue weighted by molar-refractivity contribution is 6.01. The number of rotatable bonds is 2. The van der Waals surface area contributed by atoms with Crippen molar-refractivity contribution in [3.05, 3.63) is 11.6 Å². The standard InChI is InChI=1S/C13H20O2/c1-13(9-6-10-15-13)12(14)11-7-4-2-3-5-8-11/h7H,2-6,8-10H2,1H3. The van der Waals surface area contributed by atoms with Crippen LogP contribution in [0, 0.1) is 0 Å². The molecule has 1 heterocycles. The van der Waals surface area contributed by atoms with Gasteiger partial charge in [0.25, 0.3) is 0 Å². The summed E-state index contributed by atoms with van der Waals surface area (Å²) < 4.78 is 5.61. The molecule has 1 unspecified atom stereocenters. The van der Waals surface area contributed by atoms with Crippen LogP contribution in [0.25, 0.3) is 0 Å². The summed E-state index contributed by atoms with van der Waals surface area (Å²) in [6.45, 7) is 2.70. The number of hydrogen-bond acceptors (Lipinski definition) is 2. The highest BCUT2D eigenvalue weighted by Crippen LogP contribution is 2.31. The second-order valence-electron chi connectivity index (χ2n) is 4.84. The Kier molecular flexibility index (Phi) is 3.25.